The lowest BCUT2D eigenvalue weighted by Crippen LogP contribution is -2.36. The number of nitrogens with zero attached hydrogens (tertiary/aromatic N) is 5. The molecule has 4 aromatic carbocycles. The van der Waals surface area contributed by atoms with E-state index in [1.54, 1.807) is 0 Å². The molecule has 0 N–H and O–H groups in total. The average Bonchev–Trinajstić information content (AvgIpc) is 3.55. The maximum Gasteiger partial charge on any atom is 0.149 e. The summed E-state index contributed by atoms with van der Waals surface area (Å²) in [5.74, 6) is 1.74. The van der Waals surface area contributed by atoms with E-state index < -0.39 is 0 Å². The molecule has 0 bridgehead atoms. The first-order valence-corrected chi connectivity index (χ1v) is 16.6. The standard InChI is InChI=1S/C43H37N5/c1-3-29-47(40-25-15-26-41(45-40)48-38-23-11-10-21-36(38)44-43(48)33-16-6-4-7-17-33)39-24-14-18-32-27-28-35(31(2)42(32)39)37-22-12-13-30-46(37)34-19-8-5-9-20-34/h3-11,13-30,38,43H,12H2,1-2H3/b29-3+. The molecule has 0 amide bonds. The van der Waals surface area contributed by atoms with Crippen LogP contribution in [0.15, 0.2) is 169 Å². The van der Waals surface area contributed by atoms with Crippen LogP contribution in [0.3, 0.4) is 0 Å². The fourth-order valence-electron chi connectivity index (χ4n) is 7.07. The molecule has 234 valence electrons. The van der Waals surface area contributed by atoms with Gasteiger partial charge in [0.05, 0.1) is 17.4 Å². The van der Waals surface area contributed by atoms with Crippen LogP contribution in [0.5, 0.6) is 0 Å². The SMILES string of the molecule is C/C=C/N(c1cccc(N2C3C=CC=CC3=NC2c2ccccc2)n1)c1cccc2ccc(C3=CCC=CN3c3ccccc3)c(C)c12. The van der Waals surface area contributed by atoms with Crippen LogP contribution in [0.2, 0.25) is 0 Å². The van der Waals surface area contributed by atoms with E-state index in [-0.39, 0.29) is 12.2 Å². The molecule has 0 saturated heterocycles. The van der Waals surface area contributed by atoms with Gasteiger partial charge in [-0.05, 0) is 73.2 Å². The molecule has 5 aromatic rings. The number of pyridine rings is 1. The molecule has 5 nitrogen and oxygen atoms in total. The van der Waals surface area contributed by atoms with Crippen LogP contribution in [0, 0.1) is 6.92 Å². The number of allylic oxidation sites excluding steroid dienone is 5. The van der Waals surface area contributed by atoms with Crippen LogP contribution in [-0.2, 0) is 0 Å². The van der Waals surface area contributed by atoms with E-state index in [0.717, 1.165) is 40.7 Å². The topological polar surface area (TPSA) is 35.0 Å². The van der Waals surface area contributed by atoms with Gasteiger partial charge in [0.25, 0.3) is 0 Å². The second-order valence-electron chi connectivity index (χ2n) is 12.2. The Balaban J connectivity index is 1.23. The molecule has 2 aliphatic heterocycles. The summed E-state index contributed by atoms with van der Waals surface area (Å²) in [5, 5.41) is 2.40. The Hall–Kier alpha value is -5.94. The van der Waals surface area contributed by atoms with E-state index in [9.17, 15) is 0 Å². The van der Waals surface area contributed by atoms with Gasteiger partial charge in [-0.15, -0.1) is 0 Å². The fourth-order valence-corrected chi connectivity index (χ4v) is 7.07. The number of hydrogen-bond acceptors (Lipinski definition) is 5. The molecule has 1 aromatic heterocycles. The summed E-state index contributed by atoms with van der Waals surface area (Å²) in [5.41, 5.74) is 8.08. The molecular weight excluding hydrogens is 587 g/mol. The van der Waals surface area contributed by atoms with Crippen molar-refractivity contribution in [1.29, 1.82) is 0 Å². The van der Waals surface area contributed by atoms with Gasteiger partial charge in [0.15, 0.2) is 0 Å². The number of anilines is 4. The van der Waals surface area contributed by atoms with Gasteiger partial charge in [-0.1, -0.05) is 115 Å². The lowest BCUT2D eigenvalue weighted by molar-refractivity contribution is 0.686. The van der Waals surface area contributed by atoms with Gasteiger partial charge < -0.3 is 14.7 Å². The molecule has 3 aliphatic rings. The Labute approximate surface area is 282 Å². The van der Waals surface area contributed by atoms with Gasteiger partial charge in [-0.25, -0.2) is 4.98 Å². The van der Waals surface area contributed by atoms with Crippen molar-refractivity contribution in [3.63, 3.8) is 0 Å². The zero-order valence-corrected chi connectivity index (χ0v) is 27.2. The summed E-state index contributed by atoms with van der Waals surface area (Å²) in [6.45, 7) is 4.31. The quantitative estimate of drug-likeness (QED) is 0.181. The summed E-state index contributed by atoms with van der Waals surface area (Å²) in [4.78, 5) is 17.4. The monoisotopic (exact) mass is 623 g/mol. The molecule has 0 saturated carbocycles. The molecular formula is C43H37N5. The molecule has 48 heavy (non-hydrogen) atoms. The number of hydrogen-bond donors (Lipinski definition) is 0. The first-order valence-electron chi connectivity index (χ1n) is 16.6. The minimum atomic E-state index is -0.163. The van der Waals surface area contributed by atoms with E-state index >= 15 is 0 Å². The third-order valence-corrected chi connectivity index (χ3v) is 9.25. The van der Waals surface area contributed by atoms with E-state index in [4.69, 9.17) is 9.98 Å². The third kappa shape index (κ3) is 5.23. The Kier molecular flexibility index (Phi) is 7.79. The van der Waals surface area contributed by atoms with Crippen LogP contribution >= 0.6 is 0 Å². The Morgan fingerprint density at radius 3 is 2.48 bits per heavy atom. The number of aromatic nitrogens is 1. The van der Waals surface area contributed by atoms with Crippen molar-refractivity contribution >= 4 is 45.2 Å². The molecule has 2 unspecified atom stereocenters. The van der Waals surface area contributed by atoms with Crippen molar-refractivity contribution in [2.24, 2.45) is 4.99 Å². The number of benzene rings is 4. The van der Waals surface area contributed by atoms with Gasteiger partial charge in [0.2, 0.25) is 0 Å². The van der Waals surface area contributed by atoms with E-state index in [0.29, 0.717) is 0 Å². The van der Waals surface area contributed by atoms with E-state index in [1.165, 1.54) is 27.6 Å². The Morgan fingerprint density at radius 1 is 0.833 bits per heavy atom. The lowest BCUT2D eigenvalue weighted by Gasteiger charge is -2.31. The smallest absolute Gasteiger partial charge is 0.149 e. The van der Waals surface area contributed by atoms with E-state index in [2.05, 4.69) is 193 Å². The number of fused-ring (bicyclic) bond motifs is 2. The summed E-state index contributed by atoms with van der Waals surface area (Å²) in [7, 11) is 0. The van der Waals surface area contributed by atoms with Gasteiger partial charge in [0, 0.05) is 34.7 Å². The molecule has 0 spiro atoms. The summed E-state index contributed by atoms with van der Waals surface area (Å²) < 4.78 is 0. The van der Waals surface area contributed by atoms with Gasteiger partial charge in [-0.2, -0.15) is 0 Å². The van der Waals surface area contributed by atoms with Crippen molar-refractivity contribution in [2.45, 2.75) is 32.5 Å². The first-order chi connectivity index (χ1) is 23.7. The van der Waals surface area contributed by atoms with Crippen LogP contribution in [0.1, 0.15) is 36.2 Å². The number of aliphatic imine (C=N–C) groups is 1. The predicted molar refractivity (Wildman–Crippen MR) is 202 cm³/mol. The first kappa shape index (κ1) is 29.5. The van der Waals surface area contributed by atoms with Crippen molar-refractivity contribution in [3.8, 4) is 0 Å². The van der Waals surface area contributed by atoms with E-state index in [1.807, 2.05) is 0 Å². The fraction of sp³-hybridized carbons (Fsp3) is 0.116. The molecule has 1 aliphatic carbocycles. The Morgan fingerprint density at radius 2 is 1.65 bits per heavy atom. The highest BCUT2D eigenvalue weighted by Crippen LogP contribution is 2.41. The summed E-state index contributed by atoms with van der Waals surface area (Å²) in [6.07, 6.45) is 20.2. The zero-order valence-electron chi connectivity index (χ0n) is 27.2. The average molecular weight is 624 g/mol. The van der Waals surface area contributed by atoms with Gasteiger partial charge in [-0.3, -0.25) is 4.99 Å². The van der Waals surface area contributed by atoms with Crippen LogP contribution in [0.4, 0.5) is 23.0 Å². The molecule has 3 heterocycles. The third-order valence-electron chi connectivity index (χ3n) is 9.25. The van der Waals surface area contributed by atoms with Crippen LogP contribution in [0.25, 0.3) is 16.5 Å². The highest BCUT2D eigenvalue weighted by atomic mass is 15.4. The van der Waals surface area contributed by atoms with Crippen LogP contribution in [-0.4, -0.2) is 16.7 Å². The minimum absolute atomic E-state index is 0.0193. The second-order valence-corrected chi connectivity index (χ2v) is 12.2. The second kappa shape index (κ2) is 12.7. The zero-order chi connectivity index (χ0) is 32.5. The molecule has 5 heteroatoms. The van der Waals surface area contributed by atoms with Crippen molar-refractivity contribution < 1.29 is 0 Å². The van der Waals surface area contributed by atoms with Gasteiger partial charge in [0.1, 0.15) is 17.8 Å². The largest absolute Gasteiger partial charge is 0.318 e. The molecule has 2 atom stereocenters. The molecule has 0 radical (unpaired) electrons. The van der Waals surface area contributed by atoms with Crippen molar-refractivity contribution in [2.75, 3.05) is 14.7 Å². The molecule has 8 rings (SSSR count). The van der Waals surface area contributed by atoms with Crippen molar-refractivity contribution in [1.82, 2.24) is 4.98 Å². The highest BCUT2D eigenvalue weighted by Gasteiger charge is 2.36. The van der Waals surface area contributed by atoms with Crippen molar-refractivity contribution in [3.05, 3.63) is 181 Å². The number of rotatable bonds is 7. The maximum atomic E-state index is 5.36. The molecule has 0 fully saturated rings. The highest BCUT2D eigenvalue weighted by molar-refractivity contribution is 6.06. The number of para-hydroxylation sites is 1. The Bertz CT molecular complexity index is 2160. The summed E-state index contributed by atoms with van der Waals surface area (Å²) in [6, 6.07) is 38.5. The maximum absolute atomic E-state index is 5.36. The van der Waals surface area contributed by atoms with Crippen LogP contribution < -0.4 is 14.7 Å². The predicted octanol–water partition coefficient (Wildman–Crippen LogP) is 10.4. The normalized spacial score (nSPS) is 18.4. The minimum Gasteiger partial charge on any atom is -0.318 e. The van der Waals surface area contributed by atoms with Gasteiger partial charge >= 0.3 is 0 Å². The summed E-state index contributed by atoms with van der Waals surface area (Å²) >= 11 is 0. The number of aryl methyl sites for hydroxylation is 1. The lowest BCUT2D eigenvalue weighted by atomic mass is 9.94.